The Bertz CT molecular complexity index is 365. The van der Waals surface area contributed by atoms with Crippen LogP contribution in [0.15, 0.2) is 24.3 Å². The predicted molar refractivity (Wildman–Crippen MR) is 65.6 cm³/mol. The molecule has 0 bridgehead atoms. The lowest BCUT2D eigenvalue weighted by atomic mass is 10.0. The van der Waals surface area contributed by atoms with Crippen LogP contribution in [0.2, 0.25) is 0 Å². The molecule has 1 aromatic carbocycles. The molecule has 1 amide bonds. The van der Waals surface area contributed by atoms with Crippen LogP contribution in [0.4, 0.5) is 0 Å². The minimum absolute atomic E-state index is 0.100. The molecule has 0 fully saturated rings. The van der Waals surface area contributed by atoms with E-state index in [2.05, 4.69) is 5.32 Å². The van der Waals surface area contributed by atoms with E-state index in [1.807, 2.05) is 31.2 Å². The van der Waals surface area contributed by atoms with E-state index < -0.39 is 6.10 Å². The van der Waals surface area contributed by atoms with Crippen LogP contribution in [-0.2, 0) is 11.2 Å². The van der Waals surface area contributed by atoms with Crippen LogP contribution < -0.4 is 5.32 Å². The van der Waals surface area contributed by atoms with Crippen molar-refractivity contribution in [2.75, 3.05) is 13.2 Å². The van der Waals surface area contributed by atoms with E-state index in [-0.39, 0.29) is 19.1 Å². The number of hydrogen-bond donors (Lipinski definition) is 3. The molecule has 0 aliphatic heterocycles. The fourth-order valence-electron chi connectivity index (χ4n) is 1.52. The molecule has 1 aromatic rings. The van der Waals surface area contributed by atoms with Gasteiger partial charge in [0.2, 0.25) is 5.91 Å². The van der Waals surface area contributed by atoms with E-state index in [0.29, 0.717) is 12.8 Å². The van der Waals surface area contributed by atoms with Crippen molar-refractivity contribution in [3.05, 3.63) is 35.4 Å². The third-order valence-corrected chi connectivity index (χ3v) is 2.63. The Morgan fingerprint density at radius 3 is 2.76 bits per heavy atom. The first-order chi connectivity index (χ1) is 8.13. The first kappa shape index (κ1) is 13.7. The molecule has 0 aromatic heterocycles. The Balaban J connectivity index is 2.31. The highest BCUT2D eigenvalue weighted by Crippen LogP contribution is 2.09. The quantitative estimate of drug-likeness (QED) is 0.670. The number of aryl methyl sites for hydroxylation is 2. The highest BCUT2D eigenvalue weighted by Gasteiger charge is 2.06. The fourth-order valence-corrected chi connectivity index (χ4v) is 1.52. The van der Waals surface area contributed by atoms with E-state index in [4.69, 9.17) is 10.2 Å². The third kappa shape index (κ3) is 4.97. The number of carbonyl (C=O) groups excluding carboxylic acids is 1. The summed E-state index contributed by atoms with van der Waals surface area (Å²) in [5.74, 6) is -0.110. The van der Waals surface area contributed by atoms with E-state index in [1.54, 1.807) is 0 Å². The van der Waals surface area contributed by atoms with Crippen molar-refractivity contribution in [2.24, 2.45) is 0 Å². The molecular formula is C13H19NO3. The standard InChI is InChI=1S/C13H19NO3/c1-10-4-2-3-5-11(10)6-7-13(17)14-8-12(16)9-15/h2-5,12,15-16H,6-9H2,1H3,(H,14,17). The summed E-state index contributed by atoms with van der Waals surface area (Å²) in [5.41, 5.74) is 2.33. The maximum absolute atomic E-state index is 11.4. The monoisotopic (exact) mass is 237 g/mol. The van der Waals surface area contributed by atoms with Crippen LogP contribution >= 0.6 is 0 Å². The average Bonchev–Trinajstić information content (AvgIpc) is 2.35. The van der Waals surface area contributed by atoms with Gasteiger partial charge in [-0.05, 0) is 24.5 Å². The van der Waals surface area contributed by atoms with Gasteiger partial charge in [0.25, 0.3) is 0 Å². The lowest BCUT2D eigenvalue weighted by molar-refractivity contribution is -0.121. The number of aliphatic hydroxyl groups is 2. The Hall–Kier alpha value is -1.39. The van der Waals surface area contributed by atoms with Crippen LogP contribution in [0, 0.1) is 6.92 Å². The van der Waals surface area contributed by atoms with E-state index >= 15 is 0 Å². The molecule has 0 radical (unpaired) electrons. The summed E-state index contributed by atoms with van der Waals surface area (Å²) < 4.78 is 0. The van der Waals surface area contributed by atoms with Gasteiger partial charge >= 0.3 is 0 Å². The van der Waals surface area contributed by atoms with E-state index in [1.165, 1.54) is 5.56 Å². The molecule has 0 saturated carbocycles. The molecule has 4 heteroatoms. The van der Waals surface area contributed by atoms with Gasteiger partial charge in [-0.1, -0.05) is 24.3 Å². The molecule has 94 valence electrons. The van der Waals surface area contributed by atoms with Gasteiger partial charge in [-0.3, -0.25) is 4.79 Å². The van der Waals surface area contributed by atoms with Crippen molar-refractivity contribution >= 4 is 5.91 Å². The second-order valence-electron chi connectivity index (χ2n) is 4.07. The number of nitrogens with one attached hydrogen (secondary N) is 1. The molecule has 3 N–H and O–H groups in total. The lowest BCUT2D eigenvalue weighted by Crippen LogP contribution is -2.33. The lowest BCUT2D eigenvalue weighted by Gasteiger charge is -2.09. The van der Waals surface area contributed by atoms with Crippen molar-refractivity contribution < 1.29 is 15.0 Å². The van der Waals surface area contributed by atoms with Crippen molar-refractivity contribution in [1.29, 1.82) is 0 Å². The molecule has 0 aliphatic carbocycles. The van der Waals surface area contributed by atoms with Crippen molar-refractivity contribution in [3.63, 3.8) is 0 Å². The van der Waals surface area contributed by atoms with Crippen LogP contribution in [-0.4, -0.2) is 35.4 Å². The first-order valence-electron chi connectivity index (χ1n) is 5.73. The Morgan fingerprint density at radius 2 is 2.12 bits per heavy atom. The van der Waals surface area contributed by atoms with E-state index in [0.717, 1.165) is 5.56 Å². The topological polar surface area (TPSA) is 69.6 Å². The van der Waals surface area contributed by atoms with Gasteiger partial charge in [-0.2, -0.15) is 0 Å². The van der Waals surface area contributed by atoms with Crippen LogP contribution in [0.5, 0.6) is 0 Å². The highest BCUT2D eigenvalue weighted by atomic mass is 16.3. The molecule has 0 aliphatic rings. The van der Waals surface area contributed by atoms with Crippen molar-refractivity contribution in [3.8, 4) is 0 Å². The number of rotatable bonds is 6. The fraction of sp³-hybridized carbons (Fsp3) is 0.462. The van der Waals surface area contributed by atoms with E-state index in [9.17, 15) is 4.79 Å². The maximum atomic E-state index is 11.4. The Morgan fingerprint density at radius 1 is 1.41 bits per heavy atom. The highest BCUT2D eigenvalue weighted by molar-refractivity contribution is 5.76. The molecule has 17 heavy (non-hydrogen) atoms. The third-order valence-electron chi connectivity index (χ3n) is 2.63. The molecule has 4 nitrogen and oxygen atoms in total. The summed E-state index contributed by atoms with van der Waals surface area (Å²) in [5, 5.41) is 20.2. The predicted octanol–water partition coefficient (Wildman–Crippen LogP) is 0.397. The Labute approximate surface area is 101 Å². The normalized spacial score (nSPS) is 12.2. The van der Waals surface area contributed by atoms with Gasteiger partial charge < -0.3 is 15.5 Å². The first-order valence-corrected chi connectivity index (χ1v) is 5.73. The van der Waals surface area contributed by atoms with Gasteiger partial charge in [0, 0.05) is 13.0 Å². The zero-order valence-corrected chi connectivity index (χ0v) is 10.0. The largest absolute Gasteiger partial charge is 0.394 e. The second kappa shape index (κ2) is 7.04. The van der Waals surface area contributed by atoms with Crippen LogP contribution in [0.25, 0.3) is 0 Å². The number of hydrogen-bond acceptors (Lipinski definition) is 3. The van der Waals surface area contributed by atoms with Crippen LogP contribution in [0.1, 0.15) is 17.5 Å². The Kier molecular flexibility index (Phi) is 5.66. The van der Waals surface area contributed by atoms with Gasteiger partial charge in [0.1, 0.15) is 0 Å². The summed E-state index contributed by atoms with van der Waals surface area (Å²) in [6.07, 6.45) is 0.203. The van der Waals surface area contributed by atoms with Crippen molar-refractivity contribution in [2.45, 2.75) is 25.9 Å². The summed E-state index contributed by atoms with van der Waals surface area (Å²) in [7, 11) is 0. The number of amides is 1. The number of benzene rings is 1. The molecule has 0 saturated heterocycles. The number of aliphatic hydroxyl groups excluding tert-OH is 2. The van der Waals surface area contributed by atoms with Crippen molar-refractivity contribution in [1.82, 2.24) is 5.32 Å². The average molecular weight is 237 g/mol. The molecular weight excluding hydrogens is 218 g/mol. The molecule has 0 spiro atoms. The SMILES string of the molecule is Cc1ccccc1CCC(=O)NCC(O)CO. The maximum Gasteiger partial charge on any atom is 0.220 e. The smallest absolute Gasteiger partial charge is 0.220 e. The van der Waals surface area contributed by atoms with Gasteiger partial charge in [0.05, 0.1) is 12.7 Å². The summed E-state index contributed by atoms with van der Waals surface area (Å²) in [6.45, 7) is 1.78. The zero-order valence-electron chi connectivity index (χ0n) is 10.0. The summed E-state index contributed by atoms with van der Waals surface area (Å²) in [4.78, 5) is 11.4. The van der Waals surface area contributed by atoms with Gasteiger partial charge in [-0.25, -0.2) is 0 Å². The summed E-state index contributed by atoms with van der Waals surface area (Å²) >= 11 is 0. The second-order valence-corrected chi connectivity index (χ2v) is 4.07. The minimum Gasteiger partial charge on any atom is -0.394 e. The summed E-state index contributed by atoms with van der Waals surface area (Å²) in [6, 6.07) is 7.94. The molecule has 0 heterocycles. The minimum atomic E-state index is -0.877. The number of carbonyl (C=O) groups is 1. The van der Waals surface area contributed by atoms with Crippen LogP contribution in [0.3, 0.4) is 0 Å². The molecule has 1 atom stereocenters. The van der Waals surface area contributed by atoms with Gasteiger partial charge in [0.15, 0.2) is 0 Å². The molecule has 1 rings (SSSR count). The zero-order chi connectivity index (χ0) is 12.7. The molecule has 1 unspecified atom stereocenters. The van der Waals surface area contributed by atoms with Gasteiger partial charge in [-0.15, -0.1) is 0 Å².